The molecule has 11 nitrogen and oxygen atoms in total. The van der Waals surface area contributed by atoms with Crippen LogP contribution < -0.4 is 5.32 Å². The van der Waals surface area contributed by atoms with E-state index < -0.39 is 71.9 Å². The van der Waals surface area contributed by atoms with Crippen molar-refractivity contribution in [2.24, 2.45) is 17.8 Å². The van der Waals surface area contributed by atoms with E-state index in [0.29, 0.717) is 13.0 Å². The van der Waals surface area contributed by atoms with Crippen molar-refractivity contribution in [3.05, 3.63) is 0 Å². The van der Waals surface area contributed by atoms with Crippen molar-refractivity contribution in [2.75, 3.05) is 20.6 Å². The van der Waals surface area contributed by atoms with Gasteiger partial charge < -0.3 is 50.0 Å². The molecule has 0 aromatic carbocycles. The SMILES string of the molecule is CC[C@H]1OC(=O)[C@H](C)[C@@H](O)[C@H](C)[C@@H](O[C@@H]2O[C@H](C)C[C@H](N(C)C)[C@H]2O)[C@](C)(O)C[C@@H](C)CN[C@H](C)[C@@H](O)[C@]1(C)O. The lowest BCUT2D eigenvalue weighted by Gasteiger charge is -2.46. The first-order valence-corrected chi connectivity index (χ1v) is 14.7. The zero-order chi connectivity index (χ0) is 30.7. The Balaban J connectivity index is 2.48. The minimum atomic E-state index is -1.75. The maximum absolute atomic E-state index is 13.2. The fraction of sp³-hybridized carbons (Fsp3) is 0.966. The highest BCUT2D eigenvalue weighted by Crippen LogP contribution is 2.36. The Kier molecular flexibility index (Phi) is 12.4. The second-order valence-electron chi connectivity index (χ2n) is 13.1. The molecule has 2 rings (SSSR count). The highest BCUT2D eigenvalue weighted by atomic mass is 16.7. The van der Waals surface area contributed by atoms with Gasteiger partial charge in [0.15, 0.2) is 6.29 Å². The molecule has 0 unspecified atom stereocenters. The predicted molar refractivity (Wildman–Crippen MR) is 150 cm³/mol. The highest BCUT2D eigenvalue weighted by Gasteiger charge is 2.49. The Morgan fingerprint density at radius 2 is 1.65 bits per heavy atom. The number of hydrogen-bond donors (Lipinski definition) is 6. The van der Waals surface area contributed by atoms with E-state index >= 15 is 0 Å². The van der Waals surface area contributed by atoms with Crippen molar-refractivity contribution < 1.29 is 44.5 Å². The van der Waals surface area contributed by atoms with Crippen LogP contribution in [0.25, 0.3) is 0 Å². The third-order valence-corrected chi connectivity index (χ3v) is 8.97. The lowest BCUT2D eigenvalue weighted by molar-refractivity contribution is -0.299. The quantitative estimate of drug-likeness (QED) is 0.261. The monoisotopic (exact) mass is 576 g/mol. The van der Waals surface area contributed by atoms with E-state index in [1.165, 1.54) is 13.8 Å². The van der Waals surface area contributed by atoms with Crippen molar-refractivity contribution in [2.45, 2.75) is 141 Å². The maximum atomic E-state index is 13.2. The lowest BCUT2D eigenvalue weighted by atomic mass is 9.78. The number of hydrogen-bond acceptors (Lipinski definition) is 11. The number of aliphatic hydroxyl groups is 5. The largest absolute Gasteiger partial charge is 0.459 e. The van der Waals surface area contributed by atoms with Gasteiger partial charge in [-0.2, -0.15) is 0 Å². The molecule has 2 fully saturated rings. The molecule has 40 heavy (non-hydrogen) atoms. The van der Waals surface area contributed by atoms with Gasteiger partial charge in [-0.05, 0) is 80.4 Å². The van der Waals surface area contributed by atoms with E-state index in [4.69, 9.17) is 14.2 Å². The third kappa shape index (κ3) is 8.14. The second kappa shape index (κ2) is 14.1. The van der Waals surface area contributed by atoms with Crippen LogP contribution in [0.4, 0.5) is 0 Å². The van der Waals surface area contributed by atoms with Gasteiger partial charge in [0.25, 0.3) is 0 Å². The number of rotatable bonds is 4. The molecule has 236 valence electrons. The fourth-order valence-corrected chi connectivity index (χ4v) is 6.36. The molecule has 6 N–H and O–H groups in total. The third-order valence-electron chi connectivity index (χ3n) is 8.97. The van der Waals surface area contributed by atoms with Crippen molar-refractivity contribution in [1.29, 1.82) is 0 Å². The van der Waals surface area contributed by atoms with Gasteiger partial charge >= 0.3 is 5.97 Å². The molecule has 0 saturated carbocycles. The van der Waals surface area contributed by atoms with Gasteiger partial charge in [-0.1, -0.05) is 20.8 Å². The summed E-state index contributed by atoms with van der Waals surface area (Å²) >= 11 is 0. The summed E-state index contributed by atoms with van der Waals surface area (Å²) in [5, 5.41) is 59.8. The van der Waals surface area contributed by atoms with E-state index in [0.717, 1.165) is 0 Å². The topological polar surface area (TPSA) is 161 Å². The molecule has 2 heterocycles. The van der Waals surface area contributed by atoms with Crippen LogP contribution in [0.5, 0.6) is 0 Å². The first-order valence-electron chi connectivity index (χ1n) is 14.7. The van der Waals surface area contributed by atoms with Gasteiger partial charge in [-0.15, -0.1) is 0 Å². The molecule has 0 aromatic rings. The Morgan fingerprint density at radius 3 is 2.20 bits per heavy atom. The van der Waals surface area contributed by atoms with Crippen molar-refractivity contribution in [3.63, 3.8) is 0 Å². The summed E-state index contributed by atoms with van der Waals surface area (Å²) in [6.07, 6.45) is -5.77. The van der Waals surface area contributed by atoms with Crippen LogP contribution in [0.15, 0.2) is 0 Å². The van der Waals surface area contributed by atoms with Crippen LogP contribution in [-0.2, 0) is 19.0 Å². The number of likely N-dealkylation sites (N-methyl/N-ethyl adjacent to an activating group) is 1. The van der Waals surface area contributed by atoms with E-state index in [9.17, 15) is 30.3 Å². The van der Waals surface area contributed by atoms with Gasteiger partial charge in [0.1, 0.15) is 23.9 Å². The molecule has 0 bridgehead atoms. The molecule has 14 atom stereocenters. The Morgan fingerprint density at radius 1 is 1.05 bits per heavy atom. The molecular weight excluding hydrogens is 520 g/mol. The van der Waals surface area contributed by atoms with E-state index in [1.54, 1.807) is 27.7 Å². The van der Waals surface area contributed by atoms with Crippen LogP contribution >= 0.6 is 0 Å². The number of cyclic esters (lactones) is 1. The molecule has 0 radical (unpaired) electrons. The molecule has 0 aliphatic carbocycles. The molecule has 0 aromatic heterocycles. The summed E-state index contributed by atoms with van der Waals surface area (Å²) in [6.45, 7) is 14.0. The summed E-state index contributed by atoms with van der Waals surface area (Å²) < 4.78 is 18.0. The Bertz CT molecular complexity index is 810. The van der Waals surface area contributed by atoms with E-state index in [1.807, 2.05) is 32.8 Å². The molecule has 0 amide bonds. The van der Waals surface area contributed by atoms with Gasteiger partial charge in [0, 0.05) is 18.0 Å². The van der Waals surface area contributed by atoms with Gasteiger partial charge in [-0.3, -0.25) is 4.79 Å². The average Bonchev–Trinajstić information content (AvgIpc) is 2.87. The maximum Gasteiger partial charge on any atom is 0.311 e. The summed E-state index contributed by atoms with van der Waals surface area (Å²) in [5.41, 5.74) is -3.25. The number of ether oxygens (including phenoxy) is 3. The number of esters is 1. The Labute approximate surface area is 240 Å². The summed E-state index contributed by atoms with van der Waals surface area (Å²) in [4.78, 5) is 15.1. The second-order valence-corrected chi connectivity index (χ2v) is 13.1. The van der Waals surface area contributed by atoms with Crippen LogP contribution in [-0.4, -0.2) is 123 Å². The summed E-state index contributed by atoms with van der Waals surface area (Å²) in [5.74, 6) is -2.67. The number of carbonyl (C=O) groups is 1. The number of nitrogens with one attached hydrogen (secondary N) is 1. The summed E-state index contributed by atoms with van der Waals surface area (Å²) in [6, 6.07) is -0.783. The van der Waals surface area contributed by atoms with Gasteiger partial charge in [0.2, 0.25) is 0 Å². The van der Waals surface area contributed by atoms with Crippen molar-refractivity contribution in [1.82, 2.24) is 10.2 Å². The molecule has 2 saturated heterocycles. The predicted octanol–water partition coefficient (Wildman–Crippen LogP) is 0.633. The van der Waals surface area contributed by atoms with E-state index in [-0.39, 0.29) is 30.9 Å². The number of aliphatic hydroxyl groups excluding tert-OH is 3. The van der Waals surface area contributed by atoms with Crippen LogP contribution in [0.2, 0.25) is 0 Å². The van der Waals surface area contributed by atoms with Crippen LogP contribution in [0.1, 0.15) is 74.7 Å². The normalized spacial score (nSPS) is 48.8. The standard InChI is InChI=1S/C29H56N2O9/c1-11-21-29(8,37)24(34)19(6)30-14-15(2)13-28(7,36)25(17(4)22(32)18(5)26(35)39-21)40-27-23(33)20(31(9)10)12-16(3)38-27/h15-25,27,30,32-34,36-37H,11-14H2,1-10H3/t15-,16-,17+,18-,19-,20+,21-,22+,23-,24-,25-,27+,28-,29-/m1/s1. The molecule has 0 spiro atoms. The summed E-state index contributed by atoms with van der Waals surface area (Å²) in [7, 11) is 3.74. The van der Waals surface area contributed by atoms with Gasteiger partial charge in [0.05, 0.1) is 29.8 Å². The first-order chi connectivity index (χ1) is 18.3. The average molecular weight is 577 g/mol. The molecule has 11 heteroatoms. The molecular formula is C29H56N2O9. The zero-order valence-electron chi connectivity index (χ0n) is 26.1. The van der Waals surface area contributed by atoms with Crippen LogP contribution in [0, 0.1) is 17.8 Å². The molecule has 2 aliphatic heterocycles. The zero-order valence-corrected chi connectivity index (χ0v) is 26.1. The minimum Gasteiger partial charge on any atom is -0.459 e. The minimum absolute atomic E-state index is 0.113. The van der Waals surface area contributed by atoms with Crippen molar-refractivity contribution in [3.8, 4) is 0 Å². The van der Waals surface area contributed by atoms with Crippen LogP contribution in [0.3, 0.4) is 0 Å². The molecule has 2 aliphatic rings. The fourth-order valence-electron chi connectivity index (χ4n) is 6.36. The first kappa shape index (κ1) is 35.3. The number of carbonyl (C=O) groups excluding carboxylic acids is 1. The number of nitrogens with zero attached hydrogens (tertiary/aromatic N) is 1. The van der Waals surface area contributed by atoms with Crippen molar-refractivity contribution >= 4 is 5.97 Å². The van der Waals surface area contributed by atoms with Gasteiger partial charge in [-0.25, -0.2) is 0 Å². The Hall–Kier alpha value is -0.890. The highest BCUT2D eigenvalue weighted by molar-refractivity contribution is 5.73. The smallest absolute Gasteiger partial charge is 0.311 e. The van der Waals surface area contributed by atoms with E-state index in [2.05, 4.69) is 5.32 Å². The lowest BCUT2D eigenvalue weighted by Crippen LogP contribution is -2.59.